The van der Waals surface area contributed by atoms with Crippen molar-refractivity contribution in [2.24, 2.45) is 23.2 Å². The lowest BCUT2D eigenvalue weighted by Gasteiger charge is -2.49. The summed E-state index contributed by atoms with van der Waals surface area (Å²) in [7, 11) is -1.81. The predicted molar refractivity (Wildman–Crippen MR) is 103 cm³/mol. The Labute approximate surface area is 154 Å². The average Bonchev–Trinajstić information content (AvgIpc) is 2.72. The molecule has 2 fully saturated rings. The first-order chi connectivity index (χ1) is 11.3. The van der Waals surface area contributed by atoms with Gasteiger partial charge in [0.25, 0.3) is 0 Å². The first kappa shape index (κ1) is 20.9. The largest absolute Gasteiger partial charge is 0.466 e. The molecule has 2 aliphatic rings. The summed E-state index contributed by atoms with van der Waals surface area (Å²) in [6.45, 7) is 18.0. The monoisotopic (exact) mass is 370 g/mol. The third kappa shape index (κ3) is 3.70. The Kier molecular flexibility index (Phi) is 5.83. The minimum Gasteiger partial charge on any atom is -0.466 e. The van der Waals surface area contributed by atoms with Crippen molar-refractivity contribution in [3.8, 4) is 0 Å². The summed E-state index contributed by atoms with van der Waals surface area (Å²) in [5, 5.41) is 11.1. The smallest absolute Gasteiger partial charge is 0.311 e. The van der Waals surface area contributed by atoms with E-state index in [1.807, 2.05) is 6.92 Å². The second-order valence-electron chi connectivity index (χ2n) is 9.97. The fraction of sp³-hybridized carbons (Fsp3) is 0.950. The van der Waals surface area contributed by atoms with E-state index in [0.717, 1.165) is 19.3 Å². The summed E-state index contributed by atoms with van der Waals surface area (Å²) in [5.74, 6) is 0.0228. The first-order valence-electron chi connectivity index (χ1n) is 9.87. The van der Waals surface area contributed by atoms with Gasteiger partial charge in [0.1, 0.15) is 0 Å². The molecule has 0 radical (unpaired) electrons. The van der Waals surface area contributed by atoms with E-state index in [1.54, 1.807) is 0 Å². The van der Waals surface area contributed by atoms with Crippen molar-refractivity contribution >= 4 is 14.3 Å². The van der Waals surface area contributed by atoms with Crippen molar-refractivity contribution in [1.82, 2.24) is 0 Å². The van der Waals surface area contributed by atoms with Crippen molar-refractivity contribution < 1.29 is 19.1 Å². The molecule has 1 N–H and O–H groups in total. The highest BCUT2D eigenvalue weighted by atomic mass is 28.4. The maximum atomic E-state index is 12.3. The van der Waals surface area contributed by atoms with Crippen molar-refractivity contribution in [1.29, 1.82) is 0 Å². The Morgan fingerprint density at radius 3 is 2.36 bits per heavy atom. The summed E-state index contributed by atoms with van der Waals surface area (Å²) in [5.41, 5.74) is -0.218. The average molecular weight is 371 g/mol. The molecule has 2 unspecified atom stereocenters. The minimum atomic E-state index is -1.81. The number of aliphatic hydroxyl groups is 1. The normalized spacial score (nSPS) is 39.2. The molecule has 2 aliphatic carbocycles. The Morgan fingerprint density at radius 2 is 1.84 bits per heavy atom. The third-order valence-corrected chi connectivity index (χ3v) is 12.1. The van der Waals surface area contributed by atoms with Gasteiger partial charge in [0, 0.05) is 6.10 Å². The molecule has 5 heteroatoms. The molecular formula is C20H38O4Si. The van der Waals surface area contributed by atoms with E-state index in [9.17, 15) is 9.90 Å². The summed E-state index contributed by atoms with van der Waals surface area (Å²) < 4.78 is 11.9. The topological polar surface area (TPSA) is 55.8 Å². The highest BCUT2D eigenvalue weighted by Gasteiger charge is 2.59. The van der Waals surface area contributed by atoms with Crippen LogP contribution in [0.1, 0.15) is 60.8 Å². The second kappa shape index (κ2) is 6.97. The lowest BCUT2D eigenvalue weighted by Crippen LogP contribution is -2.51. The fourth-order valence-corrected chi connectivity index (χ4v) is 6.01. The summed E-state index contributed by atoms with van der Waals surface area (Å²) >= 11 is 0. The lowest BCUT2D eigenvalue weighted by molar-refractivity contribution is -0.153. The van der Waals surface area contributed by atoms with Crippen LogP contribution in [0.3, 0.4) is 0 Å². The van der Waals surface area contributed by atoms with E-state index in [2.05, 4.69) is 47.7 Å². The van der Waals surface area contributed by atoms with Gasteiger partial charge in [-0.05, 0) is 61.6 Å². The molecular weight excluding hydrogens is 332 g/mol. The van der Waals surface area contributed by atoms with E-state index in [0.29, 0.717) is 18.4 Å². The molecule has 146 valence electrons. The molecule has 0 heterocycles. The van der Waals surface area contributed by atoms with Crippen LogP contribution in [0.5, 0.6) is 0 Å². The predicted octanol–water partition coefficient (Wildman–Crippen LogP) is 4.37. The molecule has 25 heavy (non-hydrogen) atoms. The van der Waals surface area contributed by atoms with Gasteiger partial charge in [-0.15, -0.1) is 0 Å². The quantitative estimate of drug-likeness (QED) is 0.589. The minimum absolute atomic E-state index is 0.194. The number of carbonyl (C=O) groups is 1. The van der Waals surface area contributed by atoms with E-state index in [4.69, 9.17) is 9.16 Å². The van der Waals surface area contributed by atoms with E-state index < -0.39 is 14.4 Å². The molecule has 0 spiro atoms. The number of ether oxygens (including phenoxy) is 1. The Morgan fingerprint density at radius 1 is 1.24 bits per heavy atom. The molecule has 0 bridgehead atoms. The maximum Gasteiger partial charge on any atom is 0.311 e. The van der Waals surface area contributed by atoms with Crippen LogP contribution in [-0.2, 0) is 14.0 Å². The zero-order valence-electron chi connectivity index (χ0n) is 17.4. The number of aliphatic hydroxyl groups excluding tert-OH is 1. The standard InChI is InChI=1S/C20H38O4Si/c1-9-23-18(22)16-12-14-11-15(24-25(7,8)19(3,4)5)10-13(2)20(14,6)17(16)21/h13-17,21H,9-12H2,1-8H3/t13-,14+,15+,16?,17?,20+/m1/s1. The molecule has 0 aromatic carbocycles. The zero-order chi connectivity index (χ0) is 19.2. The Balaban J connectivity index is 2.16. The highest BCUT2D eigenvalue weighted by molar-refractivity contribution is 6.74. The number of fused-ring (bicyclic) bond motifs is 1. The Bertz CT molecular complexity index is 498. The molecule has 6 atom stereocenters. The van der Waals surface area contributed by atoms with Crippen LogP contribution < -0.4 is 0 Å². The van der Waals surface area contributed by atoms with Gasteiger partial charge in [-0.3, -0.25) is 4.79 Å². The van der Waals surface area contributed by atoms with E-state index in [-0.39, 0.29) is 28.4 Å². The highest BCUT2D eigenvalue weighted by Crippen LogP contribution is 2.58. The van der Waals surface area contributed by atoms with Crippen LogP contribution in [0.2, 0.25) is 18.1 Å². The molecule has 4 nitrogen and oxygen atoms in total. The maximum absolute atomic E-state index is 12.3. The van der Waals surface area contributed by atoms with Crippen LogP contribution in [0.25, 0.3) is 0 Å². The number of rotatable bonds is 4. The molecule has 0 saturated heterocycles. The number of carbonyl (C=O) groups excluding carboxylic acids is 1. The van der Waals surface area contributed by atoms with Crippen molar-refractivity contribution in [2.45, 2.75) is 91.1 Å². The third-order valence-electron chi connectivity index (χ3n) is 7.52. The van der Waals surface area contributed by atoms with Gasteiger partial charge in [0.05, 0.1) is 18.6 Å². The number of esters is 1. The molecule has 2 saturated carbocycles. The molecule has 2 rings (SSSR count). The second-order valence-corrected chi connectivity index (χ2v) is 14.7. The van der Waals surface area contributed by atoms with Crippen LogP contribution in [0, 0.1) is 23.2 Å². The summed E-state index contributed by atoms with van der Waals surface area (Å²) in [6, 6.07) is 0. The van der Waals surface area contributed by atoms with E-state index in [1.165, 1.54) is 0 Å². The SMILES string of the molecule is CCOC(=O)C1C[C@@H]2C[C@@H](O[Si](C)(C)C(C)(C)C)C[C@@H](C)[C@]2(C)C1O. The first-order valence-corrected chi connectivity index (χ1v) is 12.8. The lowest BCUT2D eigenvalue weighted by atomic mass is 9.61. The van der Waals surface area contributed by atoms with Gasteiger partial charge in [-0.1, -0.05) is 34.6 Å². The van der Waals surface area contributed by atoms with Gasteiger partial charge in [-0.2, -0.15) is 0 Å². The van der Waals surface area contributed by atoms with Gasteiger partial charge in [0.15, 0.2) is 8.32 Å². The van der Waals surface area contributed by atoms with Gasteiger partial charge in [0.2, 0.25) is 0 Å². The van der Waals surface area contributed by atoms with Crippen molar-refractivity contribution in [3.05, 3.63) is 0 Å². The summed E-state index contributed by atoms with van der Waals surface area (Å²) in [6.07, 6.45) is 2.26. The van der Waals surface area contributed by atoms with Gasteiger partial charge < -0.3 is 14.3 Å². The van der Waals surface area contributed by atoms with E-state index >= 15 is 0 Å². The van der Waals surface area contributed by atoms with Gasteiger partial charge >= 0.3 is 5.97 Å². The number of hydrogen-bond acceptors (Lipinski definition) is 4. The van der Waals surface area contributed by atoms with Crippen molar-refractivity contribution in [3.63, 3.8) is 0 Å². The van der Waals surface area contributed by atoms with Crippen LogP contribution in [0.4, 0.5) is 0 Å². The molecule has 0 aliphatic heterocycles. The molecule has 0 amide bonds. The molecule has 0 aromatic heterocycles. The fourth-order valence-electron chi connectivity index (χ4n) is 4.63. The van der Waals surface area contributed by atoms with Gasteiger partial charge in [-0.25, -0.2) is 0 Å². The Hall–Kier alpha value is -0.393. The summed E-state index contributed by atoms with van der Waals surface area (Å²) in [4.78, 5) is 12.3. The van der Waals surface area contributed by atoms with Crippen LogP contribution in [-0.4, -0.2) is 38.2 Å². The van der Waals surface area contributed by atoms with Crippen LogP contribution in [0.15, 0.2) is 0 Å². The zero-order valence-corrected chi connectivity index (χ0v) is 18.4. The number of hydrogen-bond donors (Lipinski definition) is 1. The van der Waals surface area contributed by atoms with Crippen LogP contribution >= 0.6 is 0 Å². The molecule has 0 aromatic rings. The van der Waals surface area contributed by atoms with Crippen molar-refractivity contribution in [2.75, 3.05) is 6.61 Å².